The van der Waals surface area contributed by atoms with E-state index in [1.54, 1.807) is 0 Å². The molecule has 2 aliphatic rings. The zero-order valence-corrected chi connectivity index (χ0v) is 7.75. The summed E-state index contributed by atoms with van der Waals surface area (Å²) in [6.45, 7) is 0. The molecule has 1 N–H and O–H groups in total. The first-order chi connectivity index (χ1) is 6.28. The second kappa shape index (κ2) is 3.51. The van der Waals surface area contributed by atoms with E-state index in [-0.39, 0.29) is 5.78 Å². The van der Waals surface area contributed by atoms with Crippen LogP contribution in [0, 0.1) is 18.3 Å². The molecule has 0 aromatic carbocycles. The number of piperidine rings is 1. The first kappa shape index (κ1) is 8.77. The second-order valence-electron chi connectivity index (χ2n) is 4.25. The molecule has 0 aromatic heterocycles. The fraction of sp³-hybridized carbons (Fsp3) is 0.727. The van der Waals surface area contributed by atoms with Crippen molar-refractivity contribution in [1.82, 2.24) is 5.32 Å². The van der Waals surface area contributed by atoms with E-state index < -0.39 is 0 Å². The van der Waals surface area contributed by atoms with Crippen molar-refractivity contribution in [2.45, 2.75) is 44.2 Å². The Balaban J connectivity index is 1.89. The number of hydrogen-bond acceptors (Lipinski definition) is 2. The first-order valence-electron chi connectivity index (χ1n) is 5.03. The van der Waals surface area contributed by atoms with Crippen LogP contribution in [0.4, 0.5) is 0 Å². The summed E-state index contributed by atoms with van der Waals surface area (Å²) in [5.74, 6) is 2.72. The van der Waals surface area contributed by atoms with Crippen LogP contribution < -0.4 is 5.32 Å². The number of fused-ring (bicyclic) bond motifs is 2. The maximum absolute atomic E-state index is 11.1. The summed E-state index contributed by atoms with van der Waals surface area (Å²) in [5, 5.41) is 3.55. The molecule has 2 heterocycles. The van der Waals surface area contributed by atoms with Gasteiger partial charge < -0.3 is 5.32 Å². The fourth-order valence-corrected chi connectivity index (χ4v) is 2.66. The van der Waals surface area contributed by atoms with Gasteiger partial charge in [-0.25, -0.2) is 0 Å². The van der Waals surface area contributed by atoms with Gasteiger partial charge in [-0.15, -0.1) is 6.42 Å². The van der Waals surface area contributed by atoms with Crippen LogP contribution in [0.25, 0.3) is 0 Å². The standard InChI is InChI=1S/C11H15NO/c1-2-11(13)7-8-5-9-3-4-10(6-8)12-9/h1,8-10,12H,3-7H2. The maximum Gasteiger partial charge on any atom is 0.205 e. The Morgan fingerprint density at radius 3 is 2.54 bits per heavy atom. The highest BCUT2D eigenvalue weighted by Gasteiger charge is 2.33. The molecule has 2 aliphatic heterocycles. The molecule has 0 radical (unpaired) electrons. The molecule has 0 aliphatic carbocycles. The fourth-order valence-electron chi connectivity index (χ4n) is 2.66. The topological polar surface area (TPSA) is 29.1 Å². The summed E-state index contributed by atoms with van der Waals surface area (Å²) >= 11 is 0. The minimum atomic E-state index is -0.0219. The van der Waals surface area contributed by atoms with Gasteiger partial charge in [0.2, 0.25) is 5.78 Å². The lowest BCUT2D eigenvalue weighted by Gasteiger charge is -2.28. The number of Topliss-reactive ketones (excluding diaryl/α,β-unsaturated/α-hetero) is 1. The average molecular weight is 177 g/mol. The van der Waals surface area contributed by atoms with Gasteiger partial charge >= 0.3 is 0 Å². The van der Waals surface area contributed by atoms with Gasteiger partial charge in [-0.3, -0.25) is 4.79 Å². The smallest absolute Gasteiger partial charge is 0.205 e. The largest absolute Gasteiger partial charge is 0.311 e. The van der Waals surface area contributed by atoms with E-state index in [1.165, 1.54) is 12.8 Å². The molecule has 2 fully saturated rings. The Labute approximate surface area is 79.1 Å². The Hall–Kier alpha value is -0.810. The maximum atomic E-state index is 11.1. The summed E-state index contributed by atoms with van der Waals surface area (Å²) < 4.78 is 0. The molecule has 0 spiro atoms. The normalized spacial score (nSPS) is 37.0. The lowest BCUT2D eigenvalue weighted by Crippen LogP contribution is -2.38. The van der Waals surface area contributed by atoms with Crippen molar-refractivity contribution >= 4 is 5.78 Å². The molecule has 2 saturated heterocycles. The average Bonchev–Trinajstić information content (AvgIpc) is 2.46. The number of carbonyl (C=O) groups excluding carboxylic acids is 1. The predicted octanol–water partition coefficient (Wildman–Crippen LogP) is 1.11. The molecule has 2 atom stereocenters. The van der Waals surface area contributed by atoms with Crippen molar-refractivity contribution in [1.29, 1.82) is 0 Å². The van der Waals surface area contributed by atoms with Crippen LogP contribution in [-0.2, 0) is 4.79 Å². The van der Waals surface area contributed by atoms with Gasteiger partial charge in [-0.05, 0) is 37.5 Å². The van der Waals surface area contributed by atoms with Crippen molar-refractivity contribution in [2.24, 2.45) is 5.92 Å². The SMILES string of the molecule is C#CC(=O)CC1CC2CCC(C1)N2. The zero-order chi connectivity index (χ0) is 9.26. The number of terminal acetylenes is 1. The number of nitrogens with one attached hydrogen (secondary N) is 1. The van der Waals surface area contributed by atoms with E-state index in [9.17, 15) is 4.79 Å². The quantitative estimate of drug-likeness (QED) is 0.505. The molecule has 70 valence electrons. The highest BCUT2D eigenvalue weighted by Crippen LogP contribution is 2.32. The van der Waals surface area contributed by atoms with E-state index in [1.807, 2.05) is 0 Å². The summed E-state index contributed by atoms with van der Waals surface area (Å²) in [6, 6.07) is 1.32. The van der Waals surface area contributed by atoms with Crippen molar-refractivity contribution in [3.63, 3.8) is 0 Å². The van der Waals surface area contributed by atoms with E-state index in [2.05, 4.69) is 11.2 Å². The molecule has 0 amide bonds. The Morgan fingerprint density at radius 1 is 1.38 bits per heavy atom. The molecular formula is C11H15NO. The molecular weight excluding hydrogens is 162 g/mol. The van der Waals surface area contributed by atoms with E-state index in [0.29, 0.717) is 24.4 Å². The Kier molecular flexibility index (Phi) is 2.37. The molecule has 2 bridgehead atoms. The molecule has 2 nitrogen and oxygen atoms in total. The van der Waals surface area contributed by atoms with Crippen LogP contribution in [0.1, 0.15) is 32.1 Å². The monoisotopic (exact) mass is 177 g/mol. The van der Waals surface area contributed by atoms with Crippen molar-refractivity contribution in [3.05, 3.63) is 0 Å². The number of rotatable bonds is 2. The third-order valence-corrected chi connectivity index (χ3v) is 3.21. The lowest BCUT2D eigenvalue weighted by atomic mass is 9.88. The van der Waals surface area contributed by atoms with Gasteiger partial charge in [0.25, 0.3) is 0 Å². The number of ketones is 1. The number of carbonyl (C=O) groups is 1. The number of hydrogen-bond donors (Lipinski definition) is 1. The second-order valence-corrected chi connectivity index (χ2v) is 4.25. The Bertz CT molecular complexity index is 241. The van der Waals surface area contributed by atoms with Crippen LogP contribution in [-0.4, -0.2) is 17.9 Å². The van der Waals surface area contributed by atoms with E-state index in [4.69, 9.17) is 6.42 Å². The minimum Gasteiger partial charge on any atom is -0.311 e. The van der Waals surface area contributed by atoms with Crippen molar-refractivity contribution in [2.75, 3.05) is 0 Å². The van der Waals surface area contributed by atoms with Crippen LogP contribution in [0.5, 0.6) is 0 Å². The van der Waals surface area contributed by atoms with Gasteiger partial charge in [0.1, 0.15) is 0 Å². The molecule has 13 heavy (non-hydrogen) atoms. The van der Waals surface area contributed by atoms with Gasteiger partial charge in [0.05, 0.1) is 0 Å². The lowest BCUT2D eigenvalue weighted by molar-refractivity contribution is -0.114. The molecule has 0 saturated carbocycles. The summed E-state index contributed by atoms with van der Waals surface area (Å²) in [7, 11) is 0. The molecule has 2 unspecified atom stereocenters. The summed E-state index contributed by atoms with van der Waals surface area (Å²) in [5.41, 5.74) is 0. The predicted molar refractivity (Wildman–Crippen MR) is 51.1 cm³/mol. The zero-order valence-electron chi connectivity index (χ0n) is 7.75. The Morgan fingerprint density at radius 2 is 2.00 bits per heavy atom. The highest BCUT2D eigenvalue weighted by molar-refractivity contribution is 5.94. The van der Waals surface area contributed by atoms with Gasteiger partial charge in [0, 0.05) is 18.5 Å². The molecule has 0 aromatic rings. The van der Waals surface area contributed by atoms with Crippen LogP contribution in [0.3, 0.4) is 0 Å². The third-order valence-electron chi connectivity index (χ3n) is 3.21. The highest BCUT2D eigenvalue weighted by atomic mass is 16.1. The van der Waals surface area contributed by atoms with Crippen molar-refractivity contribution in [3.8, 4) is 12.3 Å². The van der Waals surface area contributed by atoms with Crippen LogP contribution in [0.2, 0.25) is 0 Å². The van der Waals surface area contributed by atoms with Crippen molar-refractivity contribution < 1.29 is 4.79 Å². The van der Waals surface area contributed by atoms with Gasteiger partial charge in [-0.2, -0.15) is 0 Å². The first-order valence-corrected chi connectivity index (χ1v) is 5.03. The minimum absolute atomic E-state index is 0.0219. The molecule has 2 heteroatoms. The van der Waals surface area contributed by atoms with E-state index >= 15 is 0 Å². The van der Waals surface area contributed by atoms with E-state index in [0.717, 1.165) is 12.8 Å². The van der Waals surface area contributed by atoms with Gasteiger partial charge in [0.15, 0.2) is 0 Å². The van der Waals surface area contributed by atoms with Crippen LogP contribution >= 0.6 is 0 Å². The van der Waals surface area contributed by atoms with Crippen LogP contribution in [0.15, 0.2) is 0 Å². The molecule has 2 rings (SSSR count). The summed E-state index contributed by atoms with van der Waals surface area (Å²) in [4.78, 5) is 11.1. The third kappa shape index (κ3) is 1.92. The summed E-state index contributed by atoms with van der Waals surface area (Å²) in [6.07, 6.45) is 10.5. The van der Waals surface area contributed by atoms with Gasteiger partial charge in [-0.1, -0.05) is 0 Å².